The molecule has 1 aliphatic rings. The number of anilines is 1. The fraction of sp³-hybridized carbons (Fsp3) is 0.345. The van der Waals surface area contributed by atoms with Gasteiger partial charge in [-0.1, -0.05) is 53.5 Å². The second-order valence-corrected chi connectivity index (χ2v) is 10.0. The lowest BCUT2D eigenvalue weighted by atomic mass is 10.0. The van der Waals surface area contributed by atoms with Gasteiger partial charge in [0.15, 0.2) is 0 Å². The molecule has 0 saturated carbocycles. The molecule has 0 unspecified atom stereocenters. The Kier molecular flexibility index (Phi) is 9.69. The zero-order valence-electron chi connectivity index (χ0n) is 21.3. The van der Waals surface area contributed by atoms with Crippen molar-refractivity contribution in [3.05, 3.63) is 93.5 Å². The molecule has 3 aromatic carbocycles. The van der Waals surface area contributed by atoms with Crippen LogP contribution in [-0.4, -0.2) is 62.3 Å². The molecule has 2 amide bonds. The standard InChI is InChI=1S/C29H33Cl2N3O3/c1-21-4-13-27(36-2)26(20-21)32-29(35)34-17-15-33(16-18-34)14-3-19-37-28(22-5-9-24(30)10-6-22)23-7-11-25(31)12-8-23/h4-13,20,28H,3,14-19H2,1-2H3,(H,32,35). The number of hydrogen-bond donors (Lipinski definition) is 1. The molecule has 1 heterocycles. The largest absolute Gasteiger partial charge is 0.495 e. The van der Waals surface area contributed by atoms with Crippen molar-refractivity contribution in [2.75, 3.05) is 51.8 Å². The van der Waals surface area contributed by atoms with E-state index in [0.717, 1.165) is 42.7 Å². The van der Waals surface area contributed by atoms with Gasteiger partial charge >= 0.3 is 6.03 Å². The smallest absolute Gasteiger partial charge is 0.322 e. The van der Waals surface area contributed by atoms with Crippen LogP contribution in [0.25, 0.3) is 0 Å². The summed E-state index contributed by atoms with van der Waals surface area (Å²) in [5.74, 6) is 0.660. The Bertz CT molecular complexity index is 1120. The SMILES string of the molecule is COc1ccc(C)cc1NC(=O)N1CCN(CCCOC(c2ccc(Cl)cc2)c2ccc(Cl)cc2)CC1. The van der Waals surface area contributed by atoms with E-state index in [9.17, 15) is 4.79 Å². The highest BCUT2D eigenvalue weighted by molar-refractivity contribution is 6.30. The monoisotopic (exact) mass is 541 g/mol. The van der Waals surface area contributed by atoms with Gasteiger partial charge in [0.2, 0.25) is 0 Å². The molecule has 6 nitrogen and oxygen atoms in total. The number of nitrogens with one attached hydrogen (secondary N) is 1. The first-order valence-electron chi connectivity index (χ1n) is 12.5. The van der Waals surface area contributed by atoms with Gasteiger partial charge in [0.1, 0.15) is 11.9 Å². The van der Waals surface area contributed by atoms with Crippen molar-refractivity contribution in [2.24, 2.45) is 0 Å². The Morgan fingerprint density at radius 2 is 1.51 bits per heavy atom. The summed E-state index contributed by atoms with van der Waals surface area (Å²) in [5, 5.41) is 4.39. The summed E-state index contributed by atoms with van der Waals surface area (Å²) in [7, 11) is 1.61. The van der Waals surface area contributed by atoms with Gasteiger partial charge in [-0.2, -0.15) is 0 Å². The van der Waals surface area contributed by atoms with Crippen LogP contribution in [0.3, 0.4) is 0 Å². The molecular formula is C29H33Cl2N3O3. The molecule has 1 saturated heterocycles. The van der Waals surface area contributed by atoms with Crippen LogP contribution in [-0.2, 0) is 4.74 Å². The van der Waals surface area contributed by atoms with E-state index in [4.69, 9.17) is 32.7 Å². The zero-order valence-corrected chi connectivity index (χ0v) is 22.8. The van der Waals surface area contributed by atoms with Gasteiger partial charge in [0, 0.05) is 49.4 Å². The van der Waals surface area contributed by atoms with E-state index in [1.165, 1.54) is 0 Å². The Morgan fingerprint density at radius 1 is 0.919 bits per heavy atom. The van der Waals surface area contributed by atoms with E-state index in [0.29, 0.717) is 41.2 Å². The molecule has 0 spiro atoms. The predicted octanol–water partition coefficient (Wildman–Crippen LogP) is 6.66. The van der Waals surface area contributed by atoms with Gasteiger partial charge in [-0.05, 0) is 66.4 Å². The molecule has 3 aromatic rings. The van der Waals surface area contributed by atoms with Crippen LogP contribution in [0.4, 0.5) is 10.5 Å². The molecule has 1 N–H and O–H groups in total. The lowest BCUT2D eigenvalue weighted by Gasteiger charge is -2.34. The van der Waals surface area contributed by atoms with E-state index >= 15 is 0 Å². The van der Waals surface area contributed by atoms with Crippen LogP contribution in [0.15, 0.2) is 66.7 Å². The number of hydrogen-bond acceptors (Lipinski definition) is 4. The second kappa shape index (κ2) is 13.2. The number of carbonyl (C=O) groups excluding carboxylic acids is 1. The first-order valence-corrected chi connectivity index (χ1v) is 13.2. The van der Waals surface area contributed by atoms with Gasteiger partial charge in [0.05, 0.1) is 12.8 Å². The minimum Gasteiger partial charge on any atom is -0.495 e. The molecule has 0 aliphatic carbocycles. The van der Waals surface area contributed by atoms with Gasteiger partial charge in [0.25, 0.3) is 0 Å². The summed E-state index contributed by atoms with van der Waals surface area (Å²) >= 11 is 12.2. The van der Waals surface area contributed by atoms with Crippen molar-refractivity contribution < 1.29 is 14.3 Å². The zero-order chi connectivity index (χ0) is 26.2. The maximum absolute atomic E-state index is 12.8. The quantitative estimate of drug-likeness (QED) is 0.308. The maximum Gasteiger partial charge on any atom is 0.322 e. The molecule has 1 fully saturated rings. The van der Waals surface area contributed by atoms with E-state index in [2.05, 4.69) is 10.2 Å². The van der Waals surface area contributed by atoms with Gasteiger partial charge < -0.3 is 19.7 Å². The number of halogens is 2. The average molecular weight is 543 g/mol. The summed E-state index contributed by atoms with van der Waals surface area (Å²) < 4.78 is 11.7. The van der Waals surface area contributed by atoms with Crippen LogP contribution in [0, 0.1) is 6.92 Å². The number of urea groups is 1. The Balaban J connectivity index is 1.24. The van der Waals surface area contributed by atoms with E-state index < -0.39 is 0 Å². The third-order valence-electron chi connectivity index (χ3n) is 6.50. The maximum atomic E-state index is 12.8. The highest BCUT2D eigenvalue weighted by Crippen LogP contribution is 2.29. The lowest BCUT2D eigenvalue weighted by Crippen LogP contribution is -2.50. The summed E-state index contributed by atoms with van der Waals surface area (Å²) in [6.07, 6.45) is 0.707. The first kappa shape index (κ1) is 27.3. The molecule has 37 heavy (non-hydrogen) atoms. The molecule has 8 heteroatoms. The topological polar surface area (TPSA) is 54.0 Å². The van der Waals surface area contributed by atoms with E-state index in [1.807, 2.05) is 78.6 Å². The van der Waals surface area contributed by atoms with Crippen molar-refractivity contribution >= 4 is 34.9 Å². The highest BCUT2D eigenvalue weighted by Gasteiger charge is 2.22. The van der Waals surface area contributed by atoms with Crippen molar-refractivity contribution in [2.45, 2.75) is 19.4 Å². The van der Waals surface area contributed by atoms with Crippen molar-refractivity contribution in [1.82, 2.24) is 9.80 Å². The number of aryl methyl sites for hydroxylation is 1. The molecule has 4 rings (SSSR count). The number of nitrogens with zero attached hydrogens (tertiary/aromatic N) is 2. The number of rotatable bonds is 9. The summed E-state index contributed by atoms with van der Waals surface area (Å²) in [6, 6.07) is 21.2. The summed E-state index contributed by atoms with van der Waals surface area (Å²) in [4.78, 5) is 17.0. The number of amides is 2. The minimum atomic E-state index is -0.186. The van der Waals surface area contributed by atoms with Gasteiger partial charge in [-0.15, -0.1) is 0 Å². The second-order valence-electron chi connectivity index (χ2n) is 9.17. The fourth-order valence-corrected chi connectivity index (χ4v) is 4.69. The van der Waals surface area contributed by atoms with Crippen LogP contribution in [0.5, 0.6) is 5.75 Å². The molecule has 0 aromatic heterocycles. The van der Waals surface area contributed by atoms with Gasteiger partial charge in [-0.3, -0.25) is 4.90 Å². The number of ether oxygens (including phenoxy) is 2. The fourth-order valence-electron chi connectivity index (χ4n) is 4.44. The minimum absolute atomic E-state index is 0.0966. The summed E-state index contributed by atoms with van der Waals surface area (Å²) in [5.41, 5.74) is 3.87. The Labute approximate surface area is 229 Å². The van der Waals surface area contributed by atoms with E-state index in [-0.39, 0.29) is 12.1 Å². The third kappa shape index (κ3) is 7.62. The van der Waals surface area contributed by atoms with Crippen molar-refractivity contribution in [3.63, 3.8) is 0 Å². The highest BCUT2D eigenvalue weighted by atomic mass is 35.5. The molecule has 0 bridgehead atoms. The number of carbonyl (C=O) groups is 1. The van der Waals surface area contributed by atoms with E-state index in [1.54, 1.807) is 7.11 Å². The van der Waals surface area contributed by atoms with Crippen LogP contribution < -0.4 is 10.1 Å². The molecule has 0 radical (unpaired) electrons. The number of methoxy groups -OCH3 is 1. The lowest BCUT2D eigenvalue weighted by molar-refractivity contribution is 0.0670. The first-order chi connectivity index (χ1) is 17.9. The average Bonchev–Trinajstić information content (AvgIpc) is 2.90. The van der Waals surface area contributed by atoms with Crippen LogP contribution >= 0.6 is 23.2 Å². The Hall–Kier alpha value is -2.77. The molecule has 0 atom stereocenters. The summed E-state index contributed by atoms with van der Waals surface area (Å²) in [6.45, 7) is 6.54. The molecule has 196 valence electrons. The van der Waals surface area contributed by atoms with Crippen LogP contribution in [0.1, 0.15) is 29.2 Å². The number of benzene rings is 3. The normalized spacial score (nSPS) is 14.1. The van der Waals surface area contributed by atoms with Crippen molar-refractivity contribution in [3.8, 4) is 5.75 Å². The molecule has 1 aliphatic heterocycles. The predicted molar refractivity (Wildman–Crippen MR) is 150 cm³/mol. The van der Waals surface area contributed by atoms with Gasteiger partial charge in [-0.25, -0.2) is 4.79 Å². The third-order valence-corrected chi connectivity index (χ3v) is 7.01. The number of piperazine rings is 1. The molecular weight excluding hydrogens is 509 g/mol. The van der Waals surface area contributed by atoms with Crippen molar-refractivity contribution in [1.29, 1.82) is 0 Å². The Morgan fingerprint density at radius 3 is 2.08 bits per heavy atom. The van der Waals surface area contributed by atoms with Crippen LogP contribution in [0.2, 0.25) is 10.0 Å².